The summed E-state index contributed by atoms with van der Waals surface area (Å²) >= 11 is 0. The lowest BCUT2D eigenvalue weighted by molar-refractivity contribution is 0.461. The first-order chi connectivity index (χ1) is 7.79. The van der Waals surface area contributed by atoms with E-state index in [1.54, 1.807) is 18.4 Å². The van der Waals surface area contributed by atoms with Gasteiger partial charge in [-0.2, -0.15) is 0 Å². The molecule has 16 heavy (non-hydrogen) atoms. The van der Waals surface area contributed by atoms with E-state index in [-0.39, 0.29) is 5.75 Å². The van der Waals surface area contributed by atoms with Gasteiger partial charge in [-0.15, -0.1) is 0 Å². The molecular formula is C12H14N2O2. The molecule has 0 saturated carbocycles. The summed E-state index contributed by atoms with van der Waals surface area (Å²) in [6.45, 7) is 0.685. The van der Waals surface area contributed by atoms with Gasteiger partial charge in [0.2, 0.25) is 0 Å². The molecule has 0 atom stereocenters. The molecule has 0 fully saturated rings. The zero-order valence-corrected chi connectivity index (χ0v) is 9.10. The van der Waals surface area contributed by atoms with Crippen LogP contribution in [0, 0.1) is 0 Å². The van der Waals surface area contributed by atoms with Gasteiger partial charge in [-0.1, -0.05) is 18.2 Å². The van der Waals surface area contributed by atoms with Crippen LogP contribution >= 0.6 is 0 Å². The number of aromatic hydroxyl groups is 1. The Hall–Kier alpha value is -1.81. The number of oxazole rings is 1. The van der Waals surface area contributed by atoms with Crippen LogP contribution in [-0.2, 0) is 13.0 Å². The summed E-state index contributed by atoms with van der Waals surface area (Å²) in [5, 5.41) is 12.6. The van der Waals surface area contributed by atoms with E-state index in [2.05, 4.69) is 10.3 Å². The van der Waals surface area contributed by atoms with Crippen LogP contribution in [0.1, 0.15) is 17.1 Å². The molecule has 0 bridgehead atoms. The van der Waals surface area contributed by atoms with Crippen LogP contribution in [0.25, 0.3) is 0 Å². The average molecular weight is 218 g/mol. The van der Waals surface area contributed by atoms with Gasteiger partial charge < -0.3 is 14.8 Å². The summed E-state index contributed by atoms with van der Waals surface area (Å²) < 4.78 is 5.31. The van der Waals surface area contributed by atoms with Gasteiger partial charge in [0.1, 0.15) is 12.0 Å². The first kappa shape index (κ1) is 10.7. The van der Waals surface area contributed by atoms with Crippen molar-refractivity contribution in [3.63, 3.8) is 0 Å². The molecule has 2 aromatic rings. The molecule has 0 saturated heterocycles. The Kier molecular flexibility index (Phi) is 3.22. The highest BCUT2D eigenvalue weighted by Crippen LogP contribution is 2.19. The lowest BCUT2D eigenvalue weighted by Crippen LogP contribution is -2.05. The number of para-hydroxylation sites is 1. The van der Waals surface area contributed by atoms with Crippen molar-refractivity contribution in [2.75, 3.05) is 7.05 Å². The third-order valence-electron chi connectivity index (χ3n) is 2.29. The summed E-state index contributed by atoms with van der Waals surface area (Å²) in [5.41, 5.74) is 1.69. The molecule has 4 heteroatoms. The summed E-state index contributed by atoms with van der Waals surface area (Å²) in [7, 11) is 1.86. The number of hydrogen-bond acceptors (Lipinski definition) is 4. The Labute approximate surface area is 93.9 Å². The minimum Gasteiger partial charge on any atom is -0.508 e. The molecule has 0 amide bonds. The number of hydrogen-bond donors (Lipinski definition) is 2. The third-order valence-corrected chi connectivity index (χ3v) is 2.29. The van der Waals surface area contributed by atoms with Gasteiger partial charge in [-0.25, -0.2) is 4.98 Å². The lowest BCUT2D eigenvalue weighted by atomic mass is 10.1. The molecule has 1 aromatic heterocycles. The van der Waals surface area contributed by atoms with Crippen molar-refractivity contribution < 1.29 is 9.52 Å². The molecule has 0 radical (unpaired) electrons. The molecule has 0 aliphatic heterocycles. The number of nitrogens with one attached hydrogen (secondary N) is 1. The van der Waals surface area contributed by atoms with E-state index in [9.17, 15) is 5.11 Å². The molecule has 0 aliphatic rings. The summed E-state index contributed by atoms with van der Waals surface area (Å²) in [5.74, 6) is 0.891. The highest BCUT2D eigenvalue weighted by atomic mass is 16.3. The van der Waals surface area contributed by atoms with E-state index in [0.717, 1.165) is 11.3 Å². The molecule has 0 spiro atoms. The van der Waals surface area contributed by atoms with Gasteiger partial charge >= 0.3 is 0 Å². The smallest absolute Gasteiger partial charge is 0.198 e. The molecule has 2 rings (SSSR count). The van der Waals surface area contributed by atoms with Crippen molar-refractivity contribution >= 4 is 0 Å². The van der Waals surface area contributed by atoms with Gasteiger partial charge in [-0.3, -0.25) is 0 Å². The van der Waals surface area contributed by atoms with Crippen LogP contribution in [0.15, 0.2) is 34.9 Å². The van der Waals surface area contributed by atoms with Crippen molar-refractivity contribution in [1.82, 2.24) is 10.3 Å². The van der Waals surface area contributed by atoms with Crippen molar-refractivity contribution in [2.45, 2.75) is 13.0 Å². The summed E-state index contributed by atoms with van der Waals surface area (Å²) in [6.07, 6.45) is 2.14. The second-order valence-corrected chi connectivity index (χ2v) is 3.57. The van der Waals surface area contributed by atoms with Gasteiger partial charge in [-0.05, 0) is 13.1 Å². The Morgan fingerprint density at radius 2 is 2.19 bits per heavy atom. The second-order valence-electron chi connectivity index (χ2n) is 3.57. The topological polar surface area (TPSA) is 58.3 Å². The fourth-order valence-electron chi connectivity index (χ4n) is 1.52. The molecule has 4 nitrogen and oxygen atoms in total. The Balaban J connectivity index is 2.11. The number of aromatic nitrogens is 1. The van der Waals surface area contributed by atoms with Crippen LogP contribution in [0.5, 0.6) is 5.75 Å². The molecule has 1 aromatic carbocycles. The highest BCUT2D eigenvalue weighted by Gasteiger charge is 2.07. The van der Waals surface area contributed by atoms with Crippen molar-refractivity contribution in [2.24, 2.45) is 0 Å². The fourth-order valence-corrected chi connectivity index (χ4v) is 1.52. The van der Waals surface area contributed by atoms with Crippen molar-refractivity contribution in [3.05, 3.63) is 47.7 Å². The average Bonchev–Trinajstić information content (AvgIpc) is 2.70. The molecule has 84 valence electrons. The van der Waals surface area contributed by atoms with Crippen LogP contribution in [0.3, 0.4) is 0 Å². The summed E-state index contributed by atoms with van der Waals surface area (Å²) in [4.78, 5) is 4.30. The summed E-state index contributed by atoms with van der Waals surface area (Å²) in [6, 6.07) is 7.19. The zero-order valence-electron chi connectivity index (χ0n) is 9.10. The number of benzene rings is 1. The molecule has 2 N–H and O–H groups in total. The monoisotopic (exact) mass is 218 g/mol. The quantitative estimate of drug-likeness (QED) is 0.820. The maximum Gasteiger partial charge on any atom is 0.198 e. The van der Waals surface area contributed by atoms with Crippen LogP contribution in [0.4, 0.5) is 0 Å². The minimum atomic E-state index is 0.274. The standard InChI is InChI=1S/C12H14N2O2/c1-13-7-10-8-16-12(14-10)6-9-4-2-3-5-11(9)15/h2-5,8,13,15H,6-7H2,1H3. The largest absolute Gasteiger partial charge is 0.508 e. The SMILES string of the molecule is CNCc1coc(Cc2ccccc2O)n1. The van der Waals surface area contributed by atoms with Crippen LogP contribution < -0.4 is 5.32 Å². The van der Waals surface area contributed by atoms with E-state index in [1.807, 2.05) is 19.2 Å². The van der Waals surface area contributed by atoms with E-state index in [4.69, 9.17) is 4.42 Å². The second kappa shape index (κ2) is 4.81. The first-order valence-corrected chi connectivity index (χ1v) is 5.14. The van der Waals surface area contributed by atoms with E-state index in [0.29, 0.717) is 18.9 Å². The minimum absolute atomic E-state index is 0.274. The molecule has 1 heterocycles. The first-order valence-electron chi connectivity index (χ1n) is 5.14. The Bertz CT molecular complexity index is 466. The highest BCUT2D eigenvalue weighted by molar-refractivity contribution is 5.33. The zero-order chi connectivity index (χ0) is 11.4. The van der Waals surface area contributed by atoms with E-state index < -0.39 is 0 Å². The van der Waals surface area contributed by atoms with Crippen molar-refractivity contribution in [3.8, 4) is 5.75 Å². The predicted octanol–water partition coefficient (Wildman–Crippen LogP) is 1.69. The number of rotatable bonds is 4. The molecule has 0 unspecified atom stereocenters. The Morgan fingerprint density at radius 1 is 1.38 bits per heavy atom. The van der Waals surface area contributed by atoms with E-state index >= 15 is 0 Å². The number of phenols is 1. The normalized spacial score (nSPS) is 10.6. The van der Waals surface area contributed by atoms with Crippen LogP contribution in [0.2, 0.25) is 0 Å². The third kappa shape index (κ3) is 2.41. The molecule has 0 aliphatic carbocycles. The molecular weight excluding hydrogens is 204 g/mol. The lowest BCUT2D eigenvalue weighted by Gasteiger charge is -2.00. The number of nitrogens with zero attached hydrogens (tertiary/aromatic N) is 1. The van der Waals surface area contributed by atoms with Crippen molar-refractivity contribution in [1.29, 1.82) is 0 Å². The van der Waals surface area contributed by atoms with E-state index in [1.165, 1.54) is 0 Å². The van der Waals surface area contributed by atoms with Gasteiger partial charge in [0.05, 0.1) is 12.1 Å². The fraction of sp³-hybridized carbons (Fsp3) is 0.250. The Morgan fingerprint density at radius 3 is 2.94 bits per heavy atom. The van der Waals surface area contributed by atoms with Gasteiger partial charge in [0.15, 0.2) is 5.89 Å². The maximum absolute atomic E-state index is 9.60. The predicted molar refractivity (Wildman–Crippen MR) is 60.2 cm³/mol. The van der Waals surface area contributed by atoms with Gasteiger partial charge in [0.25, 0.3) is 0 Å². The van der Waals surface area contributed by atoms with Gasteiger partial charge in [0, 0.05) is 12.1 Å². The van der Waals surface area contributed by atoms with Crippen LogP contribution in [-0.4, -0.2) is 17.1 Å². The maximum atomic E-state index is 9.60. The number of phenolic OH excluding ortho intramolecular Hbond substituents is 1.